The predicted molar refractivity (Wildman–Crippen MR) is 115 cm³/mol. The summed E-state index contributed by atoms with van der Waals surface area (Å²) in [6.45, 7) is 7.62. The molecule has 1 amide bonds. The van der Waals surface area contributed by atoms with Gasteiger partial charge >= 0.3 is 0 Å². The number of piperidine rings is 1. The van der Waals surface area contributed by atoms with Crippen LogP contribution in [-0.4, -0.2) is 28.9 Å². The summed E-state index contributed by atoms with van der Waals surface area (Å²) >= 11 is 0. The molecule has 4 heteroatoms. The average Bonchev–Trinajstić information content (AvgIpc) is 3.15. The number of likely N-dealkylation sites (tertiary alicyclic amines) is 1. The van der Waals surface area contributed by atoms with Crippen molar-refractivity contribution in [1.82, 2.24) is 15.2 Å². The van der Waals surface area contributed by atoms with Crippen molar-refractivity contribution < 1.29 is 4.79 Å². The van der Waals surface area contributed by atoms with Gasteiger partial charge in [0, 0.05) is 48.3 Å². The van der Waals surface area contributed by atoms with Crippen LogP contribution >= 0.6 is 0 Å². The zero-order valence-corrected chi connectivity index (χ0v) is 16.8. The van der Waals surface area contributed by atoms with Crippen LogP contribution in [0.1, 0.15) is 52.0 Å². The molecule has 1 aromatic heterocycles. The van der Waals surface area contributed by atoms with Gasteiger partial charge in [-0.25, -0.2) is 0 Å². The van der Waals surface area contributed by atoms with Crippen LogP contribution in [0.4, 0.5) is 0 Å². The molecule has 0 saturated carbocycles. The van der Waals surface area contributed by atoms with E-state index >= 15 is 0 Å². The van der Waals surface area contributed by atoms with Crippen LogP contribution in [0, 0.1) is 13.8 Å². The van der Waals surface area contributed by atoms with Gasteiger partial charge in [0.15, 0.2) is 0 Å². The maximum Gasteiger partial charge on any atom is 0.253 e. The van der Waals surface area contributed by atoms with E-state index in [1.54, 1.807) is 0 Å². The lowest BCUT2D eigenvalue weighted by atomic mass is 10.1. The second kappa shape index (κ2) is 8.19. The quantitative estimate of drug-likeness (QED) is 0.679. The van der Waals surface area contributed by atoms with E-state index in [2.05, 4.69) is 48.4 Å². The molecule has 4 nitrogen and oxygen atoms in total. The van der Waals surface area contributed by atoms with Gasteiger partial charge in [-0.2, -0.15) is 0 Å². The Kier molecular flexibility index (Phi) is 5.49. The van der Waals surface area contributed by atoms with E-state index in [1.807, 2.05) is 23.1 Å². The molecule has 1 aliphatic rings. The predicted octanol–water partition coefficient (Wildman–Crippen LogP) is 4.70. The normalized spacial score (nSPS) is 14.6. The Morgan fingerprint density at radius 1 is 1.04 bits per heavy atom. The first-order valence-electron chi connectivity index (χ1n) is 10.3. The second-order valence-corrected chi connectivity index (χ2v) is 7.92. The number of hydrogen-bond donors (Lipinski definition) is 2. The molecule has 2 heterocycles. The fourth-order valence-corrected chi connectivity index (χ4v) is 4.05. The van der Waals surface area contributed by atoms with Crippen LogP contribution < -0.4 is 5.32 Å². The molecule has 1 saturated heterocycles. The Bertz CT molecular complexity index is 983. The van der Waals surface area contributed by atoms with E-state index in [4.69, 9.17) is 0 Å². The maximum absolute atomic E-state index is 12.7. The Morgan fingerprint density at radius 2 is 1.86 bits per heavy atom. The Balaban J connectivity index is 1.39. The summed E-state index contributed by atoms with van der Waals surface area (Å²) in [6, 6.07) is 14.6. The van der Waals surface area contributed by atoms with Crippen molar-refractivity contribution in [2.75, 3.05) is 13.1 Å². The van der Waals surface area contributed by atoms with Gasteiger partial charge in [-0.05, 0) is 74.1 Å². The molecule has 4 rings (SSSR count). The molecule has 0 unspecified atom stereocenters. The number of aromatic nitrogens is 1. The number of hydrogen-bond acceptors (Lipinski definition) is 2. The van der Waals surface area contributed by atoms with Crippen molar-refractivity contribution in [3.8, 4) is 0 Å². The van der Waals surface area contributed by atoms with E-state index in [9.17, 15) is 4.79 Å². The van der Waals surface area contributed by atoms with Gasteiger partial charge in [0.25, 0.3) is 5.91 Å². The molecule has 0 spiro atoms. The zero-order valence-electron chi connectivity index (χ0n) is 16.8. The van der Waals surface area contributed by atoms with E-state index in [0.29, 0.717) is 0 Å². The second-order valence-electron chi connectivity index (χ2n) is 7.92. The van der Waals surface area contributed by atoms with Gasteiger partial charge < -0.3 is 15.2 Å². The highest BCUT2D eigenvalue weighted by atomic mass is 16.2. The number of nitrogens with one attached hydrogen (secondary N) is 2. The van der Waals surface area contributed by atoms with Crippen LogP contribution in [0.3, 0.4) is 0 Å². The number of rotatable bonds is 5. The Hall–Kier alpha value is -2.59. The fraction of sp³-hybridized carbons (Fsp3) is 0.375. The number of carbonyl (C=O) groups is 1. The highest BCUT2D eigenvalue weighted by Crippen LogP contribution is 2.22. The van der Waals surface area contributed by atoms with Gasteiger partial charge in [0.05, 0.1) is 0 Å². The minimum atomic E-state index is 0.169. The molecular formula is C24H29N3O. The molecule has 2 N–H and O–H groups in total. The van der Waals surface area contributed by atoms with Crippen LogP contribution in [0.15, 0.2) is 42.5 Å². The van der Waals surface area contributed by atoms with Crippen molar-refractivity contribution in [1.29, 1.82) is 0 Å². The van der Waals surface area contributed by atoms with Crippen LogP contribution in [0.25, 0.3) is 10.9 Å². The Labute approximate surface area is 166 Å². The van der Waals surface area contributed by atoms with Gasteiger partial charge in [0.1, 0.15) is 0 Å². The maximum atomic E-state index is 12.7. The fourth-order valence-electron chi connectivity index (χ4n) is 4.05. The molecule has 0 aliphatic carbocycles. The number of carbonyl (C=O) groups excluding carboxylic acids is 1. The number of amides is 1. The smallest absolute Gasteiger partial charge is 0.253 e. The first-order valence-corrected chi connectivity index (χ1v) is 10.3. The lowest BCUT2D eigenvalue weighted by molar-refractivity contribution is 0.0724. The summed E-state index contributed by atoms with van der Waals surface area (Å²) in [5, 5.41) is 4.80. The van der Waals surface area contributed by atoms with Crippen LogP contribution in [0.5, 0.6) is 0 Å². The third kappa shape index (κ3) is 3.97. The third-order valence-corrected chi connectivity index (χ3v) is 5.86. The third-order valence-electron chi connectivity index (χ3n) is 5.86. The Morgan fingerprint density at radius 3 is 2.68 bits per heavy atom. The summed E-state index contributed by atoms with van der Waals surface area (Å²) in [6.07, 6.45) is 3.48. The molecule has 0 bridgehead atoms. The number of nitrogens with zero attached hydrogens (tertiary/aromatic N) is 1. The molecule has 28 heavy (non-hydrogen) atoms. The SMILES string of the molecule is Cc1ccc2[nH]c(CNCc3cccc(C(=O)N4CCCCC4)c3)cc2c1C. The van der Waals surface area contributed by atoms with Gasteiger partial charge in [-0.3, -0.25) is 4.79 Å². The van der Waals surface area contributed by atoms with Crippen molar-refractivity contribution in [2.45, 2.75) is 46.2 Å². The molecule has 146 valence electrons. The van der Waals surface area contributed by atoms with Crippen molar-refractivity contribution in [2.24, 2.45) is 0 Å². The number of H-pyrrole nitrogens is 1. The highest BCUT2D eigenvalue weighted by molar-refractivity contribution is 5.94. The largest absolute Gasteiger partial charge is 0.357 e. The monoisotopic (exact) mass is 375 g/mol. The zero-order chi connectivity index (χ0) is 19.5. The summed E-state index contributed by atoms with van der Waals surface area (Å²) in [4.78, 5) is 18.2. The van der Waals surface area contributed by atoms with E-state index in [1.165, 1.54) is 34.1 Å². The van der Waals surface area contributed by atoms with E-state index in [0.717, 1.165) is 50.1 Å². The average molecular weight is 376 g/mol. The number of aryl methyl sites for hydroxylation is 2. The van der Waals surface area contributed by atoms with Crippen LogP contribution in [-0.2, 0) is 13.1 Å². The van der Waals surface area contributed by atoms with Gasteiger partial charge in [-0.15, -0.1) is 0 Å². The lowest BCUT2D eigenvalue weighted by Gasteiger charge is -2.26. The summed E-state index contributed by atoms with van der Waals surface area (Å²) in [7, 11) is 0. The van der Waals surface area contributed by atoms with E-state index in [-0.39, 0.29) is 5.91 Å². The first kappa shape index (κ1) is 18.8. The molecule has 1 aliphatic heterocycles. The standard InChI is InChI=1S/C24H29N3O/c1-17-9-10-23-22(18(17)2)14-21(26-23)16-25-15-19-7-6-8-20(13-19)24(28)27-11-4-3-5-12-27/h6-10,13-14,25-26H,3-5,11-12,15-16H2,1-2H3. The lowest BCUT2D eigenvalue weighted by Crippen LogP contribution is -2.35. The van der Waals surface area contributed by atoms with Gasteiger partial charge in [0.2, 0.25) is 0 Å². The van der Waals surface area contributed by atoms with Crippen molar-refractivity contribution in [3.05, 3.63) is 70.4 Å². The number of benzene rings is 2. The minimum Gasteiger partial charge on any atom is -0.357 e. The minimum absolute atomic E-state index is 0.169. The summed E-state index contributed by atoms with van der Waals surface area (Å²) in [5.41, 5.74) is 6.98. The van der Waals surface area contributed by atoms with Crippen LogP contribution in [0.2, 0.25) is 0 Å². The number of fused-ring (bicyclic) bond motifs is 1. The molecule has 3 aromatic rings. The molecular weight excluding hydrogens is 346 g/mol. The topological polar surface area (TPSA) is 48.1 Å². The molecule has 0 radical (unpaired) electrons. The van der Waals surface area contributed by atoms with E-state index < -0.39 is 0 Å². The summed E-state index contributed by atoms with van der Waals surface area (Å²) < 4.78 is 0. The molecule has 2 aromatic carbocycles. The first-order chi connectivity index (χ1) is 13.6. The molecule has 0 atom stereocenters. The van der Waals surface area contributed by atoms with Gasteiger partial charge in [-0.1, -0.05) is 18.2 Å². The van der Waals surface area contributed by atoms with Crippen molar-refractivity contribution >= 4 is 16.8 Å². The van der Waals surface area contributed by atoms with Crippen molar-refractivity contribution in [3.63, 3.8) is 0 Å². The number of aromatic amines is 1. The highest BCUT2D eigenvalue weighted by Gasteiger charge is 2.18. The summed E-state index contributed by atoms with van der Waals surface area (Å²) in [5.74, 6) is 0.169. The molecule has 1 fully saturated rings.